The second-order valence-electron chi connectivity index (χ2n) is 7.61. The molecule has 1 aromatic carbocycles. The van der Waals surface area contributed by atoms with Crippen LogP contribution in [0, 0.1) is 0 Å². The van der Waals surface area contributed by atoms with Gasteiger partial charge in [0, 0.05) is 11.4 Å². The fraction of sp³-hybridized carbons (Fsp3) is 0.409. The summed E-state index contributed by atoms with van der Waals surface area (Å²) in [5.41, 5.74) is 1.96. The maximum Gasteiger partial charge on any atom is 0.267 e. The standard InChI is InChI=1S/C22H24N6O2S2/c1-3-12-27-18(24-25-26-27)13-31-22-23-20-19(16-6-5-7-17(16)32-20)21(29)28(22)14-8-10-15(11-9-14)30-4-2/h8-11H,3-7,12-13H2,1-2H3. The van der Waals surface area contributed by atoms with Crippen LogP contribution in [0.25, 0.3) is 15.9 Å². The van der Waals surface area contributed by atoms with E-state index in [1.807, 2.05) is 35.9 Å². The summed E-state index contributed by atoms with van der Waals surface area (Å²) in [6, 6.07) is 7.61. The van der Waals surface area contributed by atoms with E-state index in [1.54, 1.807) is 15.9 Å². The van der Waals surface area contributed by atoms with Crippen LogP contribution in [-0.4, -0.2) is 36.4 Å². The summed E-state index contributed by atoms with van der Waals surface area (Å²) in [6.07, 6.45) is 4.04. The molecular weight excluding hydrogens is 444 g/mol. The Morgan fingerprint density at radius 3 is 2.81 bits per heavy atom. The quantitative estimate of drug-likeness (QED) is 0.285. The van der Waals surface area contributed by atoms with E-state index in [1.165, 1.54) is 22.2 Å². The van der Waals surface area contributed by atoms with E-state index >= 15 is 0 Å². The Hall–Kier alpha value is -2.72. The van der Waals surface area contributed by atoms with Crippen molar-refractivity contribution in [2.75, 3.05) is 6.61 Å². The Labute approximate surface area is 193 Å². The normalized spacial score (nSPS) is 13.1. The molecule has 0 saturated carbocycles. The first-order chi connectivity index (χ1) is 15.7. The number of ether oxygens (including phenoxy) is 1. The molecule has 0 unspecified atom stereocenters. The van der Waals surface area contributed by atoms with Gasteiger partial charge in [-0.15, -0.1) is 16.4 Å². The van der Waals surface area contributed by atoms with Crippen molar-refractivity contribution in [2.45, 2.75) is 57.0 Å². The second kappa shape index (κ2) is 9.03. The van der Waals surface area contributed by atoms with Crippen LogP contribution in [0.15, 0.2) is 34.2 Å². The molecule has 0 aliphatic heterocycles. The first-order valence-electron chi connectivity index (χ1n) is 10.9. The van der Waals surface area contributed by atoms with Gasteiger partial charge in [-0.3, -0.25) is 9.36 Å². The van der Waals surface area contributed by atoms with Gasteiger partial charge in [-0.25, -0.2) is 9.67 Å². The zero-order valence-electron chi connectivity index (χ0n) is 18.1. The van der Waals surface area contributed by atoms with Gasteiger partial charge < -0.3 is 4.74 Å². The predicted molar refractivity (Wildman–Crippen MR) is 126 cm³/mol. The van der Waals surface area contributed by atoms with Gasteiger partial charge in [0.25, 0.3) is 5.56 Å². The highest BCUT2D eigenvalue weighted by Crippen LogP contribution is 2.36. The molecule has 10 heteroatoms. The number of tetrazole rings is 1. The highest BCUT2D eigenvalue weighted by molar-refractivity contribution is 7.98. The van der Waals surface area contributed by atoms with Crippen molar-refractivity contribution in [1.29, 1.82) is 0 Å². The predicted octanol–water partition coefficient (Wildman–Crippen LogP) is 4.02. The fourth-order valence-electron chi connectivity index (χ4n) is 4.05. The highest BCUT2D eigenvalue weighted by Gasteiger charge is 2.24. The smallest absolute Gasteiger partial charge is 0.267 e. The van der Waals surface area contributed by atoms with Crippen molar-refractivity contribution >= 4 is 33.3 Å². The third kappa shape index (κ3) is 3.81. The number of aromatic nitrogens is 6. The molecule has 1 aliphatic rings. The number of thioether (sulfide) groups is 1. The average Bonchev–Trinajstić information content (AvgIpc) is 3.50. The number of hydrogen-bond acceptors (Lipinski definition) is 8. The summed E-state index contributed by atoms with van der Waals surface area (Å²) in [5.74, 6) is 2.09. The SMILES string of the molecule is CCCn1nnnc1CSc1nc2sc3c(c2c(=O)n1-c1ccc(OCC)cc1)CCC3. The number of benzene rings is 1. The summed E-state index contributed by atoms with van der Waals surface area (Å²) in [7, 11) is 0. The molecular formula is C22H24N6O2S2. The molecule has 0 bridgehead atoms. The third-order valence-electron chi connectivity index (χ3n) is 5.49. The third-order valence-corrected chi connectivity index (χ3v) is 7.61. The molecule has 3 aromatic heterocycles. The van der Waals surface area contributed by atoms with Crippen molar-refractivity contribution in [3.8, 4) is 11.4 Å². The summed E-state index contributed by atoms with van der Waals surface area (Å²) < 4.78 is 9.11. The first kappa shape index (κ1) is 21.1. The van der Waals surface area contributed by atoms with Gasteiger partial charge >= 0.3 is 0 Å². The number of fused-ring (bicyclic) bond motifs is 3. The van der Waals surface area contributed by atoms with Crippen molar-refractivity contribution in [3.05, 3.63) is 50.9 Å². The minimum absolute atomic E-state index is 0.00536. The van der Waals surface area contributed by atoms with E-state index in [-0.39, 0.29) is 5.56 Å². The zero-order valence-corrected chi connectivity index (χ0v) is 19.7. The van der Waals surface area contributed by atoms with Gasteiger partial charge in [0.05, 0.1) is 23.4 Å². The molecule has 0 N–H and O–H groups in total. The molecule has 5 rings (SSSR count). The van der Waals surface area contributed by atoms with Crippen LogP contribution < -0.4 is 10.3 Å². The topological polar surface area (TPSA) is 87.7 Å². The van der Waals surface area contributed by atoms with Crippen LogP contribution in [0.3, 0.4) is 0 Å². The monoisotopic (exact) mass is 468 g/mol. The molecule has 4 aromatic rings. The lowest BCUT2D eigenvalue weighted by Gasteiger charge is -2.13. The Balaban J connectivity index is 1.59. The molecule has 3 heterocycles. The lowest BCUT2D eigenvalue weighted by Crippen LogP contribution is -2.22. The van der Waals surface area contributed by atoms with Gasteiger partial charge in [-0.2, -0.15) is 0 Å². The molecule has 1 aliphatic carbocycles. The number of rotatable bonds is 8. The zero-order chi connectivity index (χ0) is 22.1. The lowest BCUT2D eigenvalue weighted by atomic mass is 10.2. The number of aryl methyl sites for hydroxylation is 3. The maximum atomic E-state index is 13.8. The number of nitrogens with zero attached hydrogens (tertiary/aromatic N) is 6. The summed E-state index contributed by atoms with van der Waals surface area (Å²) in [5, 5.41) is 13.5. The minimum atomic E-state index is -0.00536. The van der Waals surface area contributed by atoms with E-state index in [2.05, 4.69) is 22.4 Å². The van der Waals surface area contributed by atoms with Crippen molar-refractivity contribution in [1.82, 2.24) is 29.8 Å². The largest absolute Gasteiger partial charge is 0.494 e. The molecule has 166 valence electrons. The van der Waals surface area contributed by atoms with Crippen LogP contribution >= 0.6 is 23.1 Å². The van der Waals surface area contributed by atoms with Gasteiger partial charge in [0.1, 0.15) is 10.6 Å². The minimum Gasteiger partial charge on any atom is -0.494 e. The molecule has 0 saturated heterocycles. The Morgan fingerprint density at radius 2 is 2.03 bits per heavy atom. The highest BCUT2D eigenvalue weighted by atomic mass is 32.2. The van der Waals surface area contributed by atoms with E-state index in [9.17, 15) is 4.79 Å². The first-order valence-corrected chi connectivity index (χ1v) is 12.7. The molecule has 32 heavy (non-hydrogen) atoms. The van der Waals surface area contributed by atoms with Crippen molar-refractivity contribution in [3.63, 3.8) is 0 Å². The van der Waals surface area contributed by atoms with E-state index in [0.29, 0.717) is 17.5 Å². The van der Waals surface area contributed by atoms with E-state index < -0.39 is 0 Å². The number of hydrogen-bond donors (Lipinski definition) is 0. The summed E-state index contributed by atoms with van der Waals surface area (Å²) >= 11 is 3.15. The lowest BCUT2D eigenvalue weighted by molar-refractivity contribution is 0.340. The molecule has 0 amide bonds. The van der Waals surface area contributed by atoms with Crippen LogP contribution in [0.2, 0.25) is 0 Å². The van der Waals surface area contributed by atoms with Gasteiger partial charge in [0.15, 0.2) is 11.0 Å². The van der Waals surface area contributed by atoms with Crippen molar-refractivity contribution in [2.24, 2.45) is 0 Å². The average molecular weight is 469 g/mol. The van der Waals surface area contributed by atoms with Crippen LogP contribution in [0.5, 0.6) is 5.75 Å². The molecule has 0 fully saturated rings. The molecule has 8 nitrogen and oxygen atoms in total. The molecule has 0 spiro atoms. The van der Waals surface area contributed by atoms with E-state index in [0.717, 1.165) is 59.7 Å². The Bertz CT molecular complexity index is 1310. The number of thiophene rings is 1. The van der Waals surface area contributed by atoms with Crippen molar-refractivity contribution < 1.29 is 4.74 Å². The summed E-state index contributed by atoms with van der Waals surface area (Å²) in [4.78, 5) is 20.8. The second-order valence-corrected chi connectivity index (χ2v) is 9.63. The van der Waals surface area contributed by atoms with Gasteiger partial charge in [-0.1, -0.05) is 18.7 Å². The van der Waals surface area contributed by atoms with Gasteiger partial charge in [0.2, 0.25) is 0 Å². The van der Waals surface area contributed by atoms with Crippen LogP contribution in [0.1, 0.15) is 43.0 Å². The van der Waals surface area contributed by atoms with E-state index in [4.69, 9.17) is 9.72 Å². The summed E-state index contributed by atoms with van der Waals surface area (Å²) in [6.45, 7) is 5.40. The van der Waals surface area contributed by atoms with Crippen LogP contribution in [0.4, 0.5) is 0 Å². The Morgan fingerprint density at radius 1 is 1.19 bits per heavy atom. The molecule has 0 atom stereocenters. The molecule has 0 radical (unpaired) electrons. The fourth-order valence-corrected chi connectivity index (χ4v) is 6.30. The van der Waals surface area contributed by atoms with Gasteiger partial charge in [-0.05, 0) is 72.9 Å². The van der Waals surface area contributed by atoms with Crippen LogP contribution in [-0.2, 0) is 25.1 Å². The maximum absolute atomic E-state index is 13.8. The Kier molecular flexibility index (Phi) is 5.97.